The van der Waals surface area contributed by atoms with Gasteiger partial charge >= 0.3 is 0 Å². The summed E-state index contributed by atoms with van der Waals surface area (Å²) in [6.45, 7) is 4.94. The van der Waals surface area contributed by atoms with Gasteiger partial charge in [-0.2, -0.15) is 0 Å². The first-order chi connectivity index (χ1) is 7.47. The van der Waals surface area contributed by atoms with Crippen LogP contribution in [0.5, 0.6) is 0 Å². The van der Waals surface area contributed by atoms with Gasteiger partial charge in [0.15, 0.2) is 0 Å². The van der Waals surface area contributed by atoms with Crippen LogP contribution in [0.25, 0.3) is 0 Å². The number of hydrogen-bond acceptors (Lipinski definition) is 5. The summed E-state index contributed by atoms with van der Waals surface area (Å²) >= 11 is 0. The largest absolute Gasteiger partial charge is 0.409 e. The molecule has 5 N–H and O–H groups in total. The summed E-state index contributed by atoms with van der Waals surface area (Å²) in [6.07, 6.45) is 0.711. The Hall–Kier alpha value is -0.850. The van der Waals surface area contributed by atoms with Gasteiger partial charge in [-0.25, -0.2) is 0 Å². The highest BCUT2D eigenvalue weighted by atomic mass is 16.5. The Balaban J connectivity index is 3.96. The number of nitrogens with two attached hydrogens (primary N) is 1. The lowest BCUT2D eigenvalue weighted by atomic mass is 9.88. The highest BCUT2D eigenvalue weighted by Crippen LogP contribution is 2.19. The molecule has 0 bridgehead atoms. The van der Waals surface area contributed by atoms with Crippen molar-refractivity contribution in [3.8, 4) is 0 Å². The molecule has 0 aromatic rings. The van der Waals surface area contributed by atoms with Crippen LogP contribution in [0.1, 0.15) is 20.3 Å². The van der Waals surface area contributed by atoms with Crippen LogP contribution in [0.2, 0.25) is 0 Å². The number of hydrogen-bond donors (Lipinski definition) is 4. The number of methoxy groups -OCH3 is 1. The van der Waals surface area contributed by atoms with Crippen molar-refractivity contribution in [3.63, 3.8) is 0 Å². The third-order valence-corrected chi connectivity index (χ3v) is 2.57. The highest BCUT2D eigenvalue weighted by molar-refractivity contribution is 5.85. The molecular formula is C10H23N3O3. The van der Waals surface area contributed by atoms with Gasteiger partial charge in [0.25, 0.3) is 0 Å². The van der Waals surface area contributed by atoms with Gasteiger partial charge in [-0.1, -0.05) is 19.0 Å². The number of nitrogens with one attached hydrogen (secondary N) is 1. The quantitative estimate of drug-likeness (QED) is 0.200. The zero-order chi connectivity index (χ0) is 12.6. The van der Waals surface area contributed by atoms with Crippen molar-refractivity contribution in [1.29, 1.82) is 0 Å². The van der Waals surface area contributed by atoms with Gasteiger partial charge in [0.2, 0.25) is 0 Å². The van der Waals surface area contributed by atoms with E-state index in [1.165, 1.54) is 0 Å². The second kappa shape index (κ2) is 7.43. The molecule has 6 nitrogen and oxygen atoms in total. The average molecular weight is 233 g/mol. The maximum absolute atomic E-state index is 9.01. The van der Waals surface area contributed by atoms with E-state index in [9.17, 15) is 0 Å². The fourth-order valence-electron chi connectivity index (χ4n) is 1.23. The predicted octanol–water partition coefficient (Wildman–Crippen LogP) is -0.254. The molecule has 0 aromatic carbocycles. The van der Waals surface area contributed by atoms with Gasteiger partial charge in [-0.15, -0.1) is 0 Å². The van der Waals surface area contributed by atoms with Crippen molar-refractivity contribution in [1.82, 2.24) is 5.32 Å². The number of nitrogens with zero attached hydrogens (tertiary/aromatic N) is 1. The molecule has 0 fully saturated rings. The first-order valence-corrected chi connectivity index (χ1v) is 5.29. The molecule has 0 saturated heterocycles. The number of amidine groups is 1. The fourth-order valence-corrected chi connectivity index (χ4v) is 1.23. The Morgan fingerprint density at radius 3 is 2.62 bits per heavy atom. The Labute approximate surface area is 96.5 Å². The van der Waals surface area contributed by atoms with E-state index in [1.807, 2.05) is 13.8 Å². The van der Waals surface area contributed by atoms with Gasteiger partial charge in [-0.05, 0) is 13.0 Å². The van der Waals surface area contributed by atoms with Crippen LogP contribution in [-0.2, 0) is 4.74 Å². The zero-order valence-corrected chi connectivity index (χ0v) is 10.2. The molecule has 6 heteroatoms. The van der Waals surface area contributed by atoms with Gasteiger partial charge in [0.05, 0.1) is 19.3 Å². The summed E-state index contributed by atoms with van der Waals surface area (Å²) < 4.78 is 4.94. The molecule has 1 unspecified atom stereocenters. The van der Waals surface area contributed by atoms with Gasteiger partial charge in [0.1, 0.15) is 5.84 Å². The van der Waals surface area contributed by atoms with Crippen LogP contribution < -0.4 is 11.1 Å². The van der Waals surface area contributed by atoms with Crippen molar-refractivity contribution in [2.24, 2.45) is 16.3 Å². The summed E-state index contributed by atoms with van der Waals surface area (Å²) in [5, 5.41) is 23.7. The molecule has 0 radical (unpaired) electrons. The Morgan fingerprint density at radius 1 is 1.56 bits per heavy atom. The van der Waals surface area contributed by atoms with Crippen LogP contribution in [0.15, 0.2) is 5.16 Å². The summed E-state index contributed by atoms with van der Waals surface area (Å²) in [7, 11) is 1.59. The van der Waals surface area contributed by atoms with E-state index < -0.39 is 0 Å². The minimum Gasteiger partial charge on any atom is -0.409 e. The van der Waals surface area contributed by atoms with E-state index in [4.69, 9.17) is 20.8 Å². The minimum atomic E-state index is -0.366. The average Bonchev–Trinajstić information content (AvgIpc) is 2.26. The molecular weight excluding hydrogens is 210 g/mol. The van der Waals surface area contributed by atoms with Crippen LogP contribution in [-0.4, -0.2) is 49.1 Å². The maximum Gasteiger partial charge on any atom is 0.144 e. The molecule has 0 aromatic heterocycles. The lowest BCUT2D eigenvalue weighted by Crippen LogP contribution is -2.40. The minimum absolute atomic E-state index is 0.0256. The van der Waals surface area contributed by atoms with E-state index in [0.717, 1.165) is 0 Å². The monoisotopic (exact) mass is 233 g/mol. The van der Waals surface area contributed by atoms with Crippen LogP contribution in [0.4, 0.5) is 0 Å². The highest BCUT2D eigenvalue weighted by Gasteiger charge is 2.23. The lowest BCUT2D eigenvalue weighted by Gasteiger charge is -2.24. The van der Waals surface area contributed by atoms with Gasteiger partial charge < -0.3 is 26.1 Å². The van der Waals surface area contributed by atoms with Crippen molar-refractivity contribution >= 4 is 5.84 Å². The Bertz CT molecular complexity index is 219. The Kier molecular flexibility index (Phi) is 7.03. The van der Waals surface area contributed by atoms with Crippen molar-refractivity contribution in [2.75, 3.05) is 26.9 Å². The predicted molar refractivity (Wildman–Crippen MR) is 62.6 cm³/mol. The van der Waals surface area contributed by atoms with Crippen LogP contribution in [0.3, 0.4) is 0 Å². The second-order valence-corrected chi connectivity index (χ2v) is 4.41. The third-order valence-electron chi connectivity index (χ3n) is 2.57. The molecule has 0 spiro atoms. The zero-order valence-electron chi connectivity index (χ0n) is 10.2. The van der Waals surface area contributed by atoms with E-state index in [-0.39, 0.29) is 23.9 Å². The fraction of sp³-hybridized carbons (Fsp3) is 0.900. The smallest absolute Gasteiger partial charge is 0.144 e. The maximum atomic E-state index is 9.01. The molecule has 16 heavy (non-hydrogen) atoms. The molecule has 1 atom stereocenters. The van der Waals surface area contributed by atoms with Crippen LogP contribution >= 0.6 is 0 Å². The summed E-state index contributed by atoms with van der Waals surface area (Å²) in [6, 6.07) is -0.0758. The molecule has 0 rings (SSSR count). The number of oxime groups is 1. The standard InChI is InChI=1S/C10H23N3O3/c1-10(2,9(11)13-15)4-5-12-8(6-14)7-16-3/h8,12,14-15H,4-7H2,1-3H3,(H2,11,13). The van der Waals surface area contributed by atoms with Gasteiger partial charge in [-0.3, -0.25) is 0 Å². The SMILES string of the molecule is COCC(CO)NCCC(C)(C)C(N)=NO. The van der Waals surface area contributed by atoms with E-state index in [2.05, 4.69) is 10.5 Å². The van der Waals surface area contributed by atoms with E-state index >= 15 is 0 Å². The molecule has 0 aliphatic rings. The molecule has 96 valence electrons. The number of rotatable bonds is 8. The first-order valence-electron chi connectivity index (χ1n) is 5.29. The first kappa shape index (κ1) is 15.2. The lowest BCUT2D eigenvalue weighted by molar-refractivity contribution is 0.127. The summed E-state index contributed by atoms with van der Waals surface area (Å²) in [4.78, 5) is 0. The van der Waals surface area contributed by atoms with Crippen molar-refractivity contribution in [2.45, 2.75) is 26.3 Å². The number of ether oxygens (including phenoxy) is 1. The Morgan fingerprint density at radius 2 is 2.19 bits per heavy atom. The van der Waals surface area contributed by atoms with E-state index in [0.29, 0.717) is 19.6 Å². The number of aliphatic hydroxyl groups excluding tert-OH is 1. The molecule has 0 heterocycles. The topological polar surface area (TPSA) is 100 Å². The van der Waals surface area contributed by atoms with E-state index in [1.54, 1.807) is 7.11 Å². The normalized spacial score (nSPS) is 15.1. The van der Waals surface area contributed by atoms with Crippen molar-refractivity contribution < 1.29 is 15.1 Å². The molecule has 0 aliphatic carbocycles. The number of aliphatic hydroxyl groups is 1. The van der Waals surface area contributed by atoms with Crippen LogP contribution in [0, 0.1) is 5.41 Å². The third kappa shape index (κ3) is 5.29. The summed E-state index contributed by atoms with van der Waals surface area (Å²) in [5.74, 6) is 0.210. The second-order valence-electron chi connectivity index (χ2n) is 4.41. The van der Waals surface area contributed by atoms with Gasteiger partial charge in [0, 0.05) is 12.5 Å². The molecule has 0 saturated carbocycles. The molecule has 0 aliphatic heterocycles. The summed E-state index contributed by atoms with van der Waals surface area (Å²) in [5.41, 5.74) is 5.19. The molecule has 0 amide bonds. The van der Waals surface area contributed by atoms with Crippen molar-refractivity contribution in [3.05, 3.63) is 0 Å².